The zero-order chi connectivity index (χ0) is 18.2. The minimum absolute atomic E-state index is 0.181. The number of ketones is 1. The van der Waals surface area contributed by atoms with E-state index >= 15 is 0 Å². The number of benzene rings is 2. The highest BCUT2D eigenvalue weighted by atomic mass is 79.9. The van der Waals surface area contributed by atoms with Crippen LogP contribution in [0.2, 0.25) is 0 Å². The van der Waals surface area contributed by atoms with Gasteiger partial charge < -0.3 is 4.74 Å². The molecule has 0 bridgehead atoms. The third kappa shape index (κ3) is 5.36. The van der Waals surface area contributed by atoms with Crippen LogP contribution in [-0.2, 0) is 9.53 Å². The van der Waals surface area contributed by atoms with Crippen molar-refractivity contribution in [2.75, 3.05) is 7.11 Å². The van der Waals surface area contributed by atoms with E-state index in [9.17, 15) is 14.4 Å². The maximum atomic E-state index is 12.3. The van der Waals surface area contributed by atoms with Gasteiger partial charge in [0.25, 0.3) is 5.91 Å². The summed E-state index contributed by atoms with van der Waals surface area (Å²) in [6.07, 6.45) is -0.288. The number of ether oxygens (including phenoxy) is 1. The molecule has 7 heteroatoms. The van der Waals surface area contributed by atoms with Crippen molar-refractivity contribution >= 4 is 39.3 Å². The number of carbonyl (C=O) groups excluding carboxylic acids is 3. The van der Waals surface area contributed by atoms with Gasteiger partial charge in [0.2, 0.25) is 0 Å². The molecule has 2 aromatic carbocycles. The van der Waals surface area contributed by atoms with Gasteiger partial charge in [0, 0.05) is 15.6 Å². The molecular formula is C18H15BrN2O4. The number of amides is 1. The third-order valence-corrected chi connectivity index (χ3v) is 3.77. The molecule has 2 aromatic rings. The van der Waals surface area contributed by atoms with E-state index in [0.717, 1.165) is 4.47 Å². The van der Waals surface area contributed by atoms with Crippen LogP contribution in [0.15, 0.2) is 64.2 Å². The van der Waals surface area contributed by atoms with Crippen molar-refractivity contribution in [2.45, 2.75) is 6.42 Å². The van der Waals surface area contributed by atoms with Crippen molar-refractivity contribution in [1.29, 1.82) is 0 Å². The second kappa shape index (κ2) is 8.89. The summed E-state index contributed by atoms with van der Waals surface area (Å²) in [5.74, 6) is -1.58. The molecule has 0 spiro atoms. The molecule has 6 nitrogen and oxygen atoms in total. The lowest BCUT2D eigenvalue weighted by molar-refractivity contribution is -0.132. The van der Waals surface area contributed by atoms with Gasteiger partial charge in [0.15, 0.2) is 11.5 Å². The first-order valence-electron chi connectivity index (χ1n) is 7.30. The average Bonchev–Trinajstić information content (AvgIpc) is 2.65. The molecule has 0 radical (unpaired) electrons. The second-order valence-electron chi connectivity index (χ2n) is 4.96. The predicted molar refractivity (Wildman–Crippen MR) is 96.4 cm³/mol. The lowest BCUT2D eigenvalue weighted by Gasteiger charge is -2.06. The van der Waals surface area contributed by atoms with Gasteiger partial charge in [-0.15, -0.1) is 0 Å². The van der Waals surface area contributed by atoms with Crippen molar-refractivity contribution in [3.63, 3.8) is 0 Å². The van der Waals surface area contributed by atoms with E-state index in [4.69, 9.17) is 0 Å². The summed E-state index contributed by atoms with van der Waals surface area (Å²) in [6, 6.07) is 15.1. The molecule has 1 N–H and O–H groups in total. The molecule has 1 amide bonds. The Hall–Kier alpha value is -2.80. The number of Topliss-reactive ketones (excluding diaryl/α,β-unsaturated/α-hetero) is 1. The first-order chi connectivity index (χ1) is 12.0. The highest BCUT2D eigenvalue weighted by molar-refractivity contribution is 9.10. The Labute approximate surface area is 153 Å². The number of esters is 1. The van der Waals surface area contributed by atoms with Gasteiger partial charge in [-0.1, -0.05) is 46.3 Å². The third-order valence-electron chi connectivity index (χ3n) is 3.24. The molecular weight excluding hydrogens is 388 g/mol. The number of carbonyl (C=O) groups is 3. The zero-order valence-electron chi connectivity index (χ0n) is 13.4. The van der Waals surface area contributed by atoms with E-state index in [1.807, 2.05) is 0 Å². The van der Waals surface area contributed by atoms with Crippen LogP contribution < -0.4 is 5.43 Å². The van der Waals surface area contributed by atoms with E-state index in [0.29, 0.717) is 11.1 Å². The SMILES string of the molecule is COC(=O)C(CC(=O)c1ccc(Br)cc1)=NNC(=O)c1ccccc1. The minimum atomic E-state index is -0.779. The zero-order valence-corrected chi connectivity index (χ0v) is 14.9. The van der Waals surface area contributed by atoms with Crippen LogP contribution in [0.25, 0.3) is 0 Å². The molecule has 0 aliphatic rings. The maximum Gasteiger partial charge on any atom is 0.354 e. The summed E-state index contributed by atoms with van der Waals surface area (Å²) in [5, 5.41) is 3.77. The molecule has 0 aliphatic carbocycles. The number of hydrogen-bond donors (Lipinski definition) is 1. The van der Waals surface area contributed by atoms with Crippen LogP contribution in [-0.4, -0.2) is 30.5 Å². The van der Waals surface area contributed by atoms with Crippen LogP contribution >= 0.6 is 15.9 Å². The van der Waals surface area contributed by atoms with Gasteiger partial charge in [0.1, 0.15) is 0 Å². The van der Waals surface area contributed by atoms with E-state index in [2.05, 4.69) is 31.2 Å². The van der Waals surface area contributed by atoms with E-state index in [1.54, 1.807) is 54.6 Å². The molecule has 0 atom stereocenters. The second-order valence-corrected chi connectivity index (χ2v) is 5.88. The van der Waals surface area contributed by atoms with E-state index in [-0.39, 0.29) is 17.9 Å². The number of nitrogens with one attached hydrogen (secondary N) is 1. The van der Waals surface area contributed by atoms with Crippen LogP contribution in [0.4, 0.5) is 0 Å². The number of methoxy groups -OCH3 is 1. The summed E-state index contributed by atoms with van der Waals surface area (Å²) >= 11 is 3.29. The normalized spacial score (nSPS) is 10.9. The molecule has 0 unspecified atom stereocenters. The Kier molecular flexibility index (Phi) is 6.59. The van der Waals surface area contributed by atoms with Gasteiger partial charge in [-0.25, -0.2) is 10.2 Å². The molecule has 25 heavy (non-hydrogen) atoms. The van der Waals surface area contributed by atoms with Crippen molar-refractivity contribution < 1.29 is 19.1 Å². The lowest BCUT2D eigenvalue weighted by Crippen LogP contribution is -2.26. The highest BCUT2D eigenvalue weighted by Crippen LogP contribution is 2.12. The summed E-state index contributed by atoms with van der Waals surface area (Å²) < 4.78 is 5.46. The molecule has 0 saturated heterocycles. The molecule has 2 rings (SSSR count). The summed E-state index contributed by atoms with van der Waals surface area (Å²) in [5.41, 5.74) is 2.90. The van der Waals surface area contributed by atoms with Crippen molar-refractivity contribution in [2.24, 2.45) is 5.10 Å². The van der Waals surface area contributed by atoms with Crippen molar-refractivity contribution in [3.05, 3.63) is 70.2 Å². The summed E-state index contributed by atoms with van der Waals surface area (Å²) in [6.45, 7) is 0. The van der Waals surface area contributed by atoms with Crippen LogP contribution in [0.3, 0.4) is 0 Å². The Balaban J connectivity index is 2.12. The minimum Gasteiger partial charge on any atom is -0.464 e. The van der Waals surface area contributed by atoms with E-state index in [1.165, 1.54) is 7.11 Å². The lowest BCUT2D eigenvalue weighted by atomic mass is 10.1. The van der Waals surface area contributed by atoms with Crippen molar-refractivity contribution in [3.8, 4) is 0 Å². The molecule has 0 fully saturated rings. The van der Waals surface area contributed by atoms with Gasteiger partial charge in [0.05, 0.1) is 13.5 Å². The van der Waals surface area contributed by atoms with Crippen LogP contribution in [0.5, 0.6) is 0 Å². The molecule has 0 aromatic heterocycles. The first kappa shape index (κ1) is 18.5. The number of hydrazone groups is 1. The summed E-state index contributed by atoms with van der Waals surface area (Å²) in [4.78, 5) is 36.1. The van der Waals surface area contributed by atoms with E-state index < -0.39 is 11.9 Å². The van der Waals surface area contributed by atoms with Gasteiger partial charge in [-0.2, -0.15) is 5.10 Å². The average molecular weight is 403 g/mol. The smallest absolute Gasteiger partial charge is 0.354 e. The fourth-order valence-electron chi connectivity index (χ4n) is 1.94. The predicted octanol–water partition coefficient (Wildman–Crippen LogP) is 2.98. The molecule has 0 saturated carbocycles. The number of hydrogen-bond acceptors (Lipinski definition) is 5. The fourth-order valence-corrected chi connectivity index (χ4v) is 2.20. The monoisotopic (exact) mass is 402 g/mol. The molecule has 128 valence electrons. The topological polar surface area (TPSA) is 84.8 Å². The van der Waals surface area contributed by atoms with Crippen molar-refractivity contribution in [1.82, 2.24) is 5.43 Å². The number of rotatable bonds is 6. The Morgan fingerprint density at radius 3 is 2.24 bits per heavy atom. The Morgan fingerprint density at radius 1 is 1.00 bits per heavy atom. The standard InChI is InChI=1S/C18H15BrN2O4/c1-25-18(24)15(11-16(22)12-7-9-14(19)10-8-12)20-21-17(23)13-5-3-2-4-6-13/h2-10H,11H2,1H3,(H,21,23). The molecule has 0 aliphatic heterocycles. The van der Waals surface area contributed by atoms with Crippen LogP contribution in [0, 0.1) is 0 Å². The number of nitrogens with zero attached hydrogens (tertiary/aromatic N) is 1. The molecule has 0 heterocycles. The van der Waals surface area contributed by atoms with Gasteiger partial charge in [-0.3, -0.25) is 9.59 Å². The first-order valence-corrected chi connectivity index (χ1v) is 8.09. The Bertz CT molecular complexity index is 802. The Morgan fingerprint density at radius 2 is 1.64 bits per heavy atom. The maximum absolute atomic E-state index is 12.3. The fraction of sp³-hybridized carbons (Fsp3) is 0.111. The summed E-state index contributed by atoms with van der Waals surface area (Å²) in [7, 11) is 1.18. The quantitative estimate of drug-likeness (QED) is 0.348. The number of halogens is 1. The van der Waals surface area contributed by atoms with Gasteiger partial charge >= 0.3 is 5.97 Å². The largest absolute Gasteiger partial charge is 0.464 e. The van der Waals surface area contributed by atoms with Crippen LogP contribution in [0.1, 0.15) is 27.1 Å². The highest BCUT2D eigenvalue weighted by Gasteiger charge is 2.18. The van der Waals surface area contributed by atoms with Gasteiger partial charge in [-0.05, 0) is 24.3 Å².